The van der Waals surface area contributed by atoms with E-state index in [4.69, 9.17) is 0 Å². The van der Waals surface area contributed by atoms with E-state index >= 15 is 0 Å². The Morgan fingerprint density at radius 2 is 1.53 bits per heavy atom. The van der Waals surface area contributed by atoms with Crippen molar-refractivity contribution in [3.63, 3.8) is 0 Å². The molecule has 1 atom stereocenters. The molecular formula is C25H34N4O2S. The highest BCUT2D eigenvalue weighted by atomic mass is 32.1. The molecule has 0 spiro atoms. The van der Waals surface area contributed by atoms with Crippen LogP contribution in [0.15, 0.2) is 60.7 Å². The zero-order chi connectivity index (χ0) is 22.8. The maximum Gasteiger partial charge on any atom is 0.318 e. The lowest BCUT2D eigenvalue weighted by atomic mass is 10.0. The van der Waals surface area contributed by atoms with E-state index in [1.54, 1.807) is 4.90 Å². The molecule has 3 rings (SSSR count). The molecule has 0 unspecified atom stereocenters. The van der Waals surface area contributed by atoms with Crippen molar-refractivity contribution in [2.45, 2.75) is 18.9 Å². The van der Waals surface area contributed by atoms with Crippen LogP contribution >= 0.6 is 12.6 Å². The average Bonchev–Trinajstić information content (AvgIpc) is 2.82. The molecule has 7 heteroatoms. The van der Waals surface area contributed by atoms with Gasteiger partial charge >= 0.3 is 6.03 Å². The Hall–Kier alpha value is -2.51. The van der Waals surface area contributed by atoms with Gasteiger partial charge < -0.3 is 20.0 Å². The Balaban J connectivity index is 1.69. The molecule has 0 bridgehead atoms. The van der Waals surface area contributed by atoms with Gasteiger partial charge in [0.1, 0.15) is 6.04 Å². The number of rotatable bonds is 9. The number of amides is 3. The van der Waals surface area contributed by atoms with E-state index < -0.39 is 6.04 Å². The summed E-state index contributed by atoms with van der Waals surface area (Å²) in [5, 5.41) is 3.04. The SMILES string of the molecule is CN1CCN(C(=O)[C@H](Cc2ccccc2)NC(=O)N(CCS)CCc2ccccc2)CC1. The number of carbonyl (C=O) groups excluding carboxylic acids is 2. The predicted molar refractivity (Wildman–Crippen MR) is 132 cm³/mol. The molecule has 2 aromatic carbocycles. The highest BCUT2D eigenvalue weighted by Crippen LogP contribution is 2.10. The molecule has 2 aromatic rings. The van der Waals surface area contributed by atoms with Crippen molar-refractivity contribution in [1.29, 1.82) is 0 Å². The summed E-state index contributed by atoms with van der Waals surface area (Å²) in [6.45, 7) is 4.18. The number of likely N-dealkylation sites (N-methyl/N-ethyl adjacent to an activating group) is 1. The van der Waals surface area contributed by atoms with Crippen LogP contribution in [-0.4, -0.2) is 84.7 Å². The summed E-state index contributed by atoms with van der Waals surface area (Å²) in [7, 11) is 2.06. The number of thiol groups is 1. The van der Waals surface area contributed by atoms with E-state index in [1.807, 2.05) is 53.4 Å². The van der Waals surface area contributed by atoms with E-state index in [1.165, 1.54) is 5.56 Å². The summed E-state index contributed by atoms with van der Waals surface area (Å²) in [6.07, 6.45) is 1.24. The molecule has 1 saturated heterocycles. The Kier molecular flexibility index (Phi) is 9.43. The molecule has 0 radical (unpaired) electrons. The Morgan fingerprint density at radius 3 is 2.12 bits per heavy atom. The van der Waals surface area contributed by atoms with Crippen LogP contribution in [-0.2, 0) is 17.6 Å². The van der Waals surface area contributed by atoms with Crippen molar-refractivity contribution in [1.82, 2.24) is 20.0 Å². The minimum atomic E-state index is -0.590. The molecule has 1 N–H and O–H groups in total. The number of carbonyl (C=O) groups is 2. The second-order valence-corrected chi connectivity index (χ2v) is 8.71. The molecule has 1 fully saturated rings. The highest BCUT2D eigenvalue weighted by molar-refractivity contribution is 7.80. The number of piperazine rings is 1. The van der Waals surface area contributed by atoms with Gasteiger partial charge in [0.2, 0.25) is 5.91 Å². The maximum atomic E-state index is 13.4. The third kappa shape index (κ3) is 7.28. The fourth-order valence-electron chi connectivity index (χ4n) is 3.88. The molecule has 6 nitrogen and oxygen atoms in total. The molecule has 0 saturated carbocycles. The Morgan fingerprint density at radius 1 is 0.938 bits per heavy atom. The molecule has 172 valence electrons. The minimum absolute atomic E-state index is 0.0100. The largest absolute Gasteiger partial charge is 0.338 e. The van der Waals surface area contributed by atoms with Gasteiger partial charge in [-0.3, -0.25) is 4.79 Å². The van der Waals surface area contributed by atoms with Crippen LogP contribution in [0.4, 0.5) is 4.79 Å². The molecule has 0 aromatic heterocycles. The summed E-state index contributed by atoms with van der Waals surface area (Å²) in [5.74, 6) is 0.557. The van der Waals surface area contributed by atoms with E-state index in [0.29, 0.717) is 38.4 Å². The van der Waals surface area contributed by atoms with Crippen LogP contribution in [0, 0.1) is 0 Å². The molecule has 32 heavy (non-hydrogen) atoms. The summed E-state index contributed by atoms with van der Waals surface area (Å²) in [6, 6.07) is 19.2. The maximum absolute atomic E-state index is 13.4. The fourth-order valence-corrected chi connectivity index (χ4v) is 4.12. The molecule has 1 aliphatic heterocycles. The van der Waals surface area contributed by atoms with Crippen LogP contribution < -0.4 is 5.32 Å². The van der Waals surface area contributed by atoms with Crippen molar-refractivity contribution in [2.75, 3.05) is 52.1 Å². The topological polar surface area (TPSA) is 55.9 Å². The summed E-state index contributed by atoms with van der Waals surface area (Å²) >= 11 is 4.34. The van der Waals surface area contributed by atoms with Gasteiger partial charge in [0.25, 0.3) is 0 Å². The van der Waals surface area contributed by atoms with Gasteiger partial charge in [-0.2, -0.15) is 12.6 Å². The number of hydrogen-bond donors (Lipinski definition) is 2. The first-order valence-electron chi connectivity index (χ1n) is 11.3. The predicted octanol–water partition coefficient (Wildman–Crippen LogP) is 2.56. The van der Waals surface area contributed by atoms with Crippen LogP contribution in [0.25, 0.3) is 0 Å². The zero-order valence-electron chi connectivity index (χ0n) is 18.8. The standard InChI is InChI=1S/C25H34N4O2S/c1-27-14-16-28(17-15-27)24(30)23(20-22-10-6-3-7-11-22)26-25(31)29(18-19-32)13-12-21-8-4-2-5-9-21/h2-11,23,32H,12-20H2,1H3,(H,26,31)/t23-/m0/s1. The van der Waals surface area contributed by atoms with Crippen molar-refractivity contribution >= 4 is 24.6 Å². The Bertz CT molecular complexity index is 842. The number of nitrogens with one attached hydrogen (secondary N) is 1. The van der Waals surface area contributed by atoms with E-state index in [9.17, 15) is 9.59 Å². The highest BCUT2D eigenvalue weighted by Gasteiger charge is 2.29. The molecule has 3 amide bonds. The second kappa shape index (κ2) is 12.5. The monoisotopic (exact) mass is 454 g/mol. The quantitative estimate of drug-likeness (QED) is 0.573. The van der Waals surface area contributed by atoms with Gasteiger partial charge in [-0.05, 0) is 24.6 Å². The van der Waals surface area contributed by atoms with Crippen molar-refractivity contribution in [3.8, 4) is 0 Å². The van der Waals surface area contributed by atoms with Crippen molar-refractivity contribution < 1.29 is 9.59 Å². The number of benzene rings is 2. The smallest absolute Gasteiger partial charge is 0.318 e. The lowest BCUT2D eigenvalue weighted by Crippen LogP contribution is -2.57. The second-order valence-electron chi connectivity index (χ2n) is 8.27. The fraction of sp³-hybridized carbons (Fsp3) is 0.440. The van der Waals surface area contributed by atoms with Crippen LogP contribution in [0.3, 0.4) is 0 Å². The summed E-state index contributed by atoms with van der Waals surface area (Å²) in [4.78, 5) is 32.4. The summed E-state index contributed by atoms with van der Waals surface area (Å²) < 4.78 is 0. The lowest BCUT2D eigenvalue weighted by Gasteiger charge is -2.35. The van der Waals surface area contributed by atoms with E-state index in [2.05, 4.69) is 42.0 Å². The molecule has 0 aliphatic carbocycles. The molecule has 1 heterocycles. The van der Waals surface area contributed by atoms with Crippen molar-refractivity contribution in [3.05, 3.63) is 71.8 Å². The van der Waals surface area contributed by atoms with Crippen molar-refractivity contribution in [2.24, 2.45) is 0 Å². The number of hydrogen-bond acceptors (Lipinski definition) is 4. The molecular weight excluding hydrogens is 420 g/mol. The van der Waals surface area contributed by atoms with Crippen LogP contribution in [0.1, 0.15) is 11.1 Å². The number of nitrogens with zero attached hydrogens (tertiary/aromatic N) is 3. The number of urea groups is 1. The molecule has 1 aliphatic rings. The minimum Gasteiger partial charge on any atom is -0.338 e. The zero-order valence-corrected chi connectivity index (χ0v) is 19.7. The van der Waals surface area contributed by atoms with Gasteiger partial charge in [-0.1, -0.05) is 60.7 Å². The third-order valence-corrected chi connectivity index (χ3v) is 6.06. The first-order chi connectivity index (χ1) is 15.6. The lowest BCUT2D eigenvalue weighted by molar-refractivity contribution is -0.134. The van der Waals surface area contributed by atoms with Gasteiger partial charge in [0, 0.05) is 51.4 Å². The van der Waals surface area contributed by atoms with E-state index in [0.717, 1.165) is 25.1 Å². The van der Waals surface area contributed by atoms with Crippen LogP contribution in [0.5, 0.6) is 0 Å². The van der Waals surface area contributed by atoms with Gasteiger partial charge in [0.05, 0.1) is 0 Å². The first-order valence-corrected chi connectivity index (χ1v) is 11.9. The summed E-state index contributed by atoms with van der Waals surface area (Å²) in [5.41, 5.74) is 2.21. The van der Waals surface area contributed by atoms with Crippen LogP contribution in [0.2, 0.25) is 0 Å². The van der Waals surface area contributed by atoms with Gasteiger partial charge in [-0.25, -0.2) is 4.79 Å². The van der Waals surface area contributed by atoms with Gasteiger partial charge in [-0.15, -0.1) is 0 Å². The normalized spacial score (nSPS) is 15.2. The average molecular weight is 455 g/mol. The third-order valence-electron chi connectivity index (χ3n) is 5.86. The van der Waals surface area contributed by atoms with Gasteiger partial charge in [0.15, 0.2) is 0 Å². The van der Waals surface area contributed by atoms with E-state index in [-0.39, 0.29) is 11.9 Å². The Labute approximate surface area is 197 Å². The first kappa shape index (κ1) is 24.1.